The van der Waals surface area contributed by atoms with Gasteiger partial charge >= 0.3 is 0 Å². The summed E-state index contributed by atoms with van der Waals surface area (Å²) in [6.07, 6.45) is 5.23. The van der Waals surface area contributed by atoms with Gasteiger partial charge < -0.3 is 0 Å². The van der Waals surface area contributed by atoms with E-state index in [4.69, 9.17) is 11.6 Å². The van der Waals surface area contributed by atoms with Gasteiger partial charge in [-0.1, -0.05) is 0 Å². The molecule has 66 valence electrons. The SMILES string of the molecule is ClCc1cn[nH]c1-c1ccncc1. The van der Waals surface area contributed by atoms with E-state index in [2.05, 4.69) is 15.2 Å². The molecular formula is C9H8ClN3. The molecule has 0 aliphatic rings. The molecule has 0 fully saturated rings. The number of pyridine rings is 1. The number of H-pyrrole nitrogens is 1. The zero-order chi connectivity index (χ0) is 9.10. The van der Waals surface area contributed by atoms with Crippen LogP contribution >= 0.6 is 11.6 Å². The molecular weight excluding hydrogens is 186 g/mol. The van der Waals surface area contributed by atoms with E-state index in [0.29, 0.717) is 5.88 Å². The Morgan fingerprint density at radius 1 is 1.31 bits per heavy atom. The van der Waals surface area contributed by atoms with Gasteiger partial charge in [-0.3, -0.25) is 10.1 Å². The van der Waals surface area contributed by atoms with Gasteiger partial charge in [0.2, 0.25) is 0 Å². The first-order valence-corrected chi connectivity index (χ1v) is 4.44. The normalized spacial score (nSPS) is 10.2. The van der Waals surface area contributed by atoms with E-state index >= 15 is 0 Å². The molecule has 1 N–H and O–H groups in total. The van der Waals surface area contributed by atoms with Crippen LogP contribution < -0.4 is 0 Å². The van der Waals surface area contributed by atoms with Crippen molar-refractivity contribution in [2.24, 2.45) is 0 Å². The summed E-state index contributed by atoms with van der Waals surface area (Å²) in [7, 11) is 0. The second-order valence-electron chi connectivity index (χ2n) is 2.64. The van der Waals surface area contributed by atoms with Gasteiger partial charge in [0.25, 0.3) is 0 Å². The van der Waals surface area contributed by atoms with Crippen LogP contribution in [0.3, 0.4) is 0 Å². The molecule has 2 aromatic heterocycles. The minimum absolute atomic E-state index is 0.466. The summed E-state index contributed by atoms with van der Waals surface area (Å²) in [6.45, 7) is 0. The van der Waals surface area contributed by atoms with Crippen molar-refractivity contribution in [1.82, 2.24) is 15.2 Å². The van der Waals surface area contributed by atoms with Gasteiger partial charge in [0, 0.05) is 23.5 Å². The summed E-state index contributed by atoms with van der Waals surface area (Å²) in [5.41, 5.74) is 3.04. The van der Waals surface area contributed by atoms with Crippen molar-refractivity contribution in [1.29, 1.82) is 0 Å². The fourth-order valence-corrected chi connectivity index (χ4v) is 1.38. The molecule has 0 saturated heterocycles. The number of rotatable bonds is 2. The first-order valence-electron chi connectivity index (χ1n) is 3.90. The summed E-state index contributed by atoms with van der Waals surface area (Å²) in [6, 6.07) is 3.84. The van der Waals surface area contributed by atoms with Crippen LogP contribution in [-0.2, 0) is 5.88 Å². The van der Waals surface area contributed by atoms with E-state index in [9.17, 15) is 0 Å². The Kier molecular flexibility index (Phi) is 2.27. The molecule has 0 radical (unpaired) electrons. The highest BCUT2D eigenvalue weighted by molar-refractivity contribution is 6.17. The predicted molar refractivity (Wildman–Crippen MR) is 51.4 cm³/mol. The molecule has 0 aliphatic carbocycles. The van der Waals surface area contributed by atoms with E-state index in [1.807, 2.05) is 12.1 Å². The summed E-state index contributed by atoms with van der Waals surface area (Å²) in [5.74, 6) is 0.466. The summed E-state index contributed by atoms with van der Waals surface area (Å²) in [5, 5.41) is 6.85. The maximum Gasteiger partial charge on any atom is 0.0695 e. The Balaban J connectivity index is 2.47. The largest absolute Gasteiger partial charge is 0.278 e. The number of hydrogen-bond donors (Lipinski definition) is 1. The topological polar surface area (TPSA) is 41.6 Å². The summed E-state index contributed by atoms with van der Waals surface area (Å²) < 4.78 is 0. The monoisotopic (exact) mass is 193 g/mol. The lowest BCUT2D eigenvalue weighted by molar-refractivity contribution is 1.09. The molecule has 0 saturated carbocycles. The third kappa shape index (κ3) is 1.55. The maximum atomic E-state index is 5.75. The lowest BCUT2D eigenvalue weighted by atomic mass is 10.1. The molecule has 3 nitrogen and oxygen atoms in total. The Bertz CT molecular complexity index is 383. The van der Waals surface area contributed by atoms with Crippen LogP contribution in [-0.4, -0.2) is 15.2 Å². The Morgan fingerprint density at radius 2 is 2.08 bits per heavy atom. The molecule has 0 bridgehead atoms. The van der Waals surface area contributed by atoms with Crippen molar-refractivity contribution >= 4 is 11.6 Å². The maximum absolute atomic E-state index is 5.75. The Morgan fingerprint density at radius 3 is 2.77 bits per heavy atom. The first-order chi connectivity index (χ1) is 6.42. The minimum Gasteiger partial charge on any atom is -0.278 e. The molecule has 0 spiro atoms. The van der Waals surface area contributed by atoms with Crippen LogP contribution in [0.2, 0.25) is 0 Å². The zero-order valence-corrected chi connectivity index (χ0v) is 7.62. The number of hydrogen-bond acceptors (Lipinski definition) is 2. The predicted octanol–water partition coefficient (Wildman–Crippen LogP) is 2.21. The van der Waals surface area contributed by atoms with Crippen LogP contribution in [0.1, 0.15) is 5.56 Å². The van der Waals surface area contributed by atoms with Gasteiger partial charge in [-0.2, -0.15) is 5.10 Å². The highest BCUT2D eigenvalue weighted by atomic mass is 35.5. The van der Waals surface area contributed by atoms with E-state index in [-0.39, 0.29) is 0 Å². The molecule has 4 heteroatoms. The van der Waals surface area contributed by atoms with E-state index in [1.165, 1.54) is 0 Å². The van der Waals surface area contributed by atoms with E-state index < -0.39 is 0 Å². The van der Waals surface area contributed by atoms with Crippen LogP contribution in [0, 0.1) is 0 Å². The number of aromatic amines is 1. The third-order valence-electron chi connectivity index (χ3n) is 1.83. The van der Waals surface area contributed by atoms with E-state index in [1.54, 1.807) is 18.6 Å². The van der Waals surface area contributed by atoms with Crippen LogP contribution in [0.5, 0.6) is 0 Å². The number of nitrogens with zero attached hydrogens (tertiary/aromatic N) is 2. The van der Waals surface area contributed by atoms with Crippen molar-refractivity contribution in [2.45, 2.75) is 5.88 Å². The molecule has 0 amide bonds. The number of halogens is 1. The lowest BCUT2D eigenvalue weighted by Crippen LogP contribution is -1.83. The second kappa shape index (κ2) is 3.58. The molecule has 2 heterocycles. The van der Waals surface area contributed by atoms with Crippen molar-refractivity contribution in [3.63, 3.8) is 0 Å². The van der Waals surface area contributed by atoms with Crippen LogP contribution in [0.25, 0.3) is 11.3 Å². The average Bonchev–Trinajstić information content (AvgIpc) is 2.67. The van der Waals surface area contributed by atoms with Crippen molar-refractivity contribution in [3.05, 3.63) is 36.3 Å². The number of aromatic nitrogens is 3. The highest BCUT2D eigenvalue weighted by Crippen LogP contribution is 2.20. The molecule has 2 aromatic rings. The zero-order valence-electron chi connectivity index (χ0n) is 6.87. The van der Waals surface area contributed by atoms with Crippen molar-refractivity contribution in [3.8, 4) is 11.3 Å². The number of alkyl halides is 1. The minimum atomic E-state index is 0.466. The van der Waals surface area contributed by atoms with Crippen molar-refractivity contribution < 1.29 is 0 Å². The quantitative estimate of drug-likeness (QED) is 0.743. The fourth-order valence-electron chi connectivity index (χ4n) is 1.18. The average molecular weight is 194 g/mol. The van der Waals surface area contributed by atoms with Gasteiger partial charge in [0.1, 0.15) is 0 Å². The molecule has 0 aliphatic heterocycles. The van der Waals surface area contributed by atoms with Gasteiger partial charge in [-0.25, -0.2) is 0 Å². The van der Waals surface area contributed by atoms with E-state index in [0.717, 1.165) is 16.8 Å². The smallest absolute Gasteiger partial charge is 0.0695 e. The van der Waals surface area contributed by atoms with Gasteiger partial charge in [0.05, 0.1) is 17.8 Å². The number of nitrogens with one attached hydrogen (secondary N) is 1. The molecule has 0 aromatic carbocycles. The van der Waals surface area contributed by atoms with Gasteiger partial charge in [-0.15, -0.1) is 11.6 Å². The summed E-state index contributed by atoms with van der Waals surface area (Å²) in [4.78, 5) is 3.94. The van der Waals surface area contributed by atoms with Gasteiger partial charge in [-0.05, 0) is 12.1 Å². The second-order valence-corrected chi connectivity index (χ2v) is 2.91. The molecule has 13 heavy (non-hydrogen) atoms. The lowest BCUT2D eigenvalue weighted by Gasteiger charge is -1.98. The third-order valence-corrected chi connectivity index (χ3v) is 2.12. The summed E-state index contributed by atoms with van der Waals surface area (Å²) >= 11 is 5.75. The molecule has 0 atom stereocenters. The van der Waals surface area contributed by atoms with Crippen molar-refractivity contribution in [2.75, 3.05) is 0 Å². The highest BCUT2D eigenvalue weighted by Gasteiger charge is 2.05. The molecule has 0 unspecified atom stereocenters. The van der Waals surface area contributed by atoms with Gasteiger partial charge in [0.15, 0.2) is 0 Å². The van der Waals surface area contributed by atoms with Crippen LogP contribution in [0.15, 0.2) is 30.7 Å². The Hall–Kier alpha value is -1.35. The first kappa shape index (κ1) is 8.26. The fraction of sp³-hybridized carbons (Fsp3) is 0.111. The molecule has 2 rings (SSSR count). The Labute approximate surface area is 80.8 Å². The standard InChI is InChI=1S/C9H8ClN3/c10-5-8-6-12-13-9(8)7-1-3-11-4-2-7/h1-4,6H,5H2,(H,12,13). The van der Waals surface area contributed by atoms with Crippen LogP contribution in [0.4, 0.5) is 0 Å².